The van der Waals surface area contributed by atoms with E-state index in [-0.39, 0.29) is 5.69 Å². The zero-order valence-corrected chi connectivity index (χ0v) is 11.5. The minimum absolute atomic E-state index is 0.216. The summed E-state index contributed by atoms with van der Waals surface area (Å²) < 4.78 is 6.64. The zero-order chi connectivity index (χ0) is 14.5. The monoisotopic (exact) mass is 275 g/mol. The smallest absolute Gasteiger partial charge is 0.356 e. The lowest BCUT2D eigenvalue weighted by atomic mass is 10.3. The second-order valence-electron chi connectivity index (χ2n) is 4.15. The van der Waals surface area contributed by atoms with Crippen LogP contribution in [-0.4, -0.2) is 27.6 Å². The average molecular weight is 275 g/mol. The van der Waals surface area contributed by atoms with Crippen LogP contribution in [0.25, 0.3) is 0 Å². The van der Waals surface area contributed by atoms with Crippen LogP contribution in [0, 0.1) is 0 Å². The molecule has 0 unspecified atom stereocenters. The van der Waals surface area contributed by atoms with Gasteiger partial charge in [-0.25, -0.2) is 14.8 Å². The summed E-state index contributed by atoms with van der Waals surface area (Å²) in [5.74, 6) is -0.0385. The maximum atomic E-state index is 11.4. The first-order valence-corrected chi connectivity index (χ1v) is 6.23. The van der Waals surface area contributed by atoms with E-state index < -0.39 is 5.97 Å². The van der Waals surface area contributed by atoms with Gasteiger partial charge in [0.15, 0.2) is 11.5 Å². The molecule has 106 valence electrons. The van der Waals surface area contributed by atoms with Crippen LogP contribution in [0.2, 0.25) is 0 Å². The quantitative estimate of drug-likeness (QED) is 0.798. The Labute approximate surface area is 116 Å². The number of hydrogen-bond acceptors (Lipinski definition) is 6. The number of aryl methyl sites for hydroxylation is 1. The number of hydrogen-bond donors (Lipinski definition) is 2. The number of pyridine rings is 1. The maximum absolute atomic E-state index is 11.4. The van der Waals surface area contributed by atoms with E-state index in [9.17, 15) is 4.79 Å². The lowest BCUT2D eigenvalue weighted by Gasteiger charge is -2.10. The Morgan fingerprint density at radius 2 is 2.30 bits per heavy atom. The third-order valence-corrected chi connectivity index (χ3v) is 2.90. The second kappa shape index (κ2) is 6.05. The zero-order valence-electron chi connectivity index (χ0n) is 11.5. The molecule has 0 aliphatic rings. The number of imidazole rings is 1. The summed E-state index contributed by atoms with van der Waals surface area (Å²) in [6, 6.07) is 3.15. The number of carbonyl (C=O) groups excluding carboxylic acids is 1. The predicted octanol–water partition coefficient (Wildman–Crippen LogP) is 1.28. The molecule has 7 nitrogen and oxygen atoms in total. The normalized spacial score (nSPS) is 10.3. The molecule has 0 saturated heterocycles. The second-order valence-corrected chi connectivity index (χ2v) is 4.15. The molecule has 0 aliphatic heterocycles. The molecule has 0 aromatic carbocycles. The van der Waals surface area contributed by atoms with E-state index in [2.05, 4.69) is 20.0 Å². The van der Waals surface area contributed by atoms with Crippen molar-refractivity contribution >= 4 is 17.5 Å². The number of nitrogen functional groups attached to an aromatic ring is 1. The molecule has 0 bridgehead atoms. The Bertz CT molecular complexity index is 609. The minimum atomic E-state index is -0.494. The summed E-state index contributed by atoms with van der Waals surface area (Å²) >= 11 is 0. The summed E-state index contributed by atoms with van der Waals surface area (Å²) in [6.07, 6.45) is 3.54. The Kier molecular flexibility index (Phi) is 4.19. The van der Waals surface area contributed by atoms with Crippen LogP contribution in [-0.2, 0) is 17.8 Å². The molecular weight excluding hydrogens is 258 g/mol. The van der Waals surface area contributed by atoms with Crippen molar-refractivity contribution < 1.29 is 9.53 Å². The van der Waals surface area contributed by atoms with E-state index in [1.54, 1.807) is 18.6 Å². The summed E-state index contributed by atoms with van der Waals surface area (Å²) in [5.41, 5.74) is 7.54. The average Bonchev–Trinajstić information content (AvgIpc) is 2.93. The molecule has 7 heteroatoms. The van der Waals surface area contributed by atoms with Crippen LogP contribution in [0.1, 0.15) is 23.1 Å². The number of methoxy groups -OCH3 is 1. The SMILES string of the molecule is CCn1cncc1CNc1nc(C(=O)OC)ccc1N. The fourth-order valence-electron chi connectivity index (χ4n) is 1.78. The van der Waals surface area contributed by atoms with Gasteiger partial charge in [-0.3, -0.25) is 0 Å². The molecule has 2 heterocycles. The van der Waals surface area contributed by atoms with Crippen molar-refractivity contribution in [2.24, 2.45) is 0 Å². The molecule has 0 saturated carbocycles. The van der Waals surface area contributed by atoms with Gasteiger partial charge in [-0.2, -0.15) is 0 Å². The third kappa shape index (κ3) is 2.87. The van der Waals surface area contributed by atoms with E-state index >= 15 is 0 Å². The first-order valence-electron chi connectivity index (χ1n) is 6.23. The van der Waals surface area contributed by atoms with Crippen LogP contribution >= 0.6 is 0 Å². The minimum Gasteiger partial charge on any atom is -0.464 e. The highest BCUT2D eigenvalue weighted by Gasteiger charge is 2.10. The van der Waals surface area contributed by atoms with Gasteiger partial charge in [0.2, 0.25) is 0 Å². The van der Waals surface area contributed by atoms with Crippen molar-refractivity contribution in [3.8, 4) is 0 Å². The number of nitrogens with one attached hydrogen (secondary N) is 1. The van der Waals surface area contributed by atoms with E-state index in [0.717, 1.165) is 12.2 Å². The summed E-state index contributed by atoms with van der Waals surface area (Å²) in [4.78, 5) is 19.7. The molecule has 0 radical (unpaired) electrons. The number of ether oxygens (including phenoxy) is 1. The number of nitrogens with zero attached hydrogens (tertiary/aromatic N) is 3. The number of carbonyl (C=O) groups is 1. The van der Waals surface area contributed by atoms with Crippen LogP contribution in [0.3, 0.4) is 0 Å². The first kappa shape index (κ1) is 13.9. The van der Waals surface area contributed by atoms with Gasteiger partial charge in [0, 0.05) is 12.7 Å². The lowest BCUT2D eigenvalue weighted by molar-refractivity contribution is 0.0594. The van der Waals surface area contributed by atoms with Gasteiger partial charge in [0.25, 0.3) is 0 Å². The van der Waals surface area contributed by atoms with Crippen LogP contribution < -0.4 is 11.1 Å². The summed E-state index contributed by atoms with van der Waals surface area (Å²) in [7, 11) is 1.31. The van der Waals surface area contributed by atoms with Crippen molar-refractivity contribution in [1.82, 2.24) is 14.5 Å². The molecular formula is C13H17N5O2. The maximum Gasteiger partial charge on any atom is 0.356 e. The molecule has 2 aromatic rings. The van der Waals surface area contributed by atoms with Gasteiger partial charge in [0.1, 0.15) is 0 Å². The molecule has 0 fully saturated rings. The molecule has 0 atom stereocenters. The Balaban J connectivity index is 2.14. The predicted molar refractivity (Wildman–Crippen MR) is 75.2 cm³/mol. The van der Waals surface area contributed by atoms with Gasteiger partial charge in [-0.05, 0) is 19.1 Å². The van der Waals surface area contributed by atoms with Crippen molar-refractivity contribution in [2.45, 2.75) is 20.0 Å². The molecule has 0 spiro atoms. The lowest BCUT2D eigenvalue weighted by Crippen LogP contribution is -2.11. The van der Waals surface area contributed by atoms with E-state index in [1.807, 2.05) is 11.5 Å². The molecule has 0 aliphatic carbocycles. The molecule has 2 rings (SSSR count). The van der Waals surface area contributed by atoms with Crippen LogP contribution in [0.15, 0.2) is 24.7 Å². The number of aromatic nitrogens is 3. The fourth-order valence-corrected chi connectivity index (χ4v) is 1.78. The van der Waals surface area contributed by atoms with Gasteiger partial charge in [-0.1, -0.05) is 0 Å². The highest BCUT2D eigenvalue weighted by Crippen LogP contribution is 2.17. The topological polar surface area (TPSA) is 95.1 Å². The number of nitrogens with two attached hydrogens (primary N) is 1. The Morgan fingerprint density at radius 1 is 1.50 bits per heavy atom. The van der Waals surface area contributed by atoms with Gasteiger partial charge in [-0.15, -0.1) is 0 Å². The van der Waals surface area contributed by atoms with E-state index in [1.165, 1.54) is 13.2 Å². The van der Waals surface area contributed by atoms with Gasteiger partial charge in [0.05, 0.1) is 31.4 Å². The van der Waals surface area contributed by atoms with Crippen LogP contribution in [0.5, 0.6) is 0 Å². The van der Waals surface area contributed by atoms with Crippen molar-refractivity contribution in [1.29, 1.82) is 0 Å². The van der Waals surface area contributed by atoms with Crippen molar-refractivity contribution in [3.05, 3.63) is 36.0 Å². The fraction of sp³-hybridized carbons (Fsp3) is 0.308. The Morgan fingerprint density at radius 3 is 3.00 bits per heavy atom. The number of esters is 1. The highest BCUT2D eigenvalue weighted by atomic mass is 16.5. The summed E-state index contributed by atoms with van der Waals surface area (Å²) in [6.45, 7) is 3.40. The van der Waals surface area contributed by atoms with Gasteiger partial charge < -0.3 is 20.4 Å². The molecule has 0 amide bonds. The third-order valence-electron chi connectivity index (χ3n) is 2.90. The first-order chi connectivity index (χ1) is 9.65. The van der Waals surface area contributed by atoms with Crippen molar-refractivity contribution in [2.75, 3.05) is 18.2 Å². The van der Waals surface area contributed by atoms with Gasteiger partial charge >= 0.3 is 5.97 Å². The largest absolute Gasteiger partial charge is 0.464 e. The van der Waals surface area contributed by atoms with E-state index in [4.69, 9.17) is 5.73 Å². The standard InChI is InChI=1S/C13H17N5O2/c1-3-18-8-15-6-9(18)7-16-12-10(14)4-5-11(17-12)13(19)20-2/h4-6,8H,3,7,14H2,1-2H3,(H,16,17). The molecule has 20 heavy (non-hydrogen) atoms. The molecule has 2 aromatic heterocycles. The highest BCUT2D eigenvalue weighted by molar-refractivity contribution is 5.88. The molecule has 3 N–H and O–H groups in total. The van der Waals surface area contributed by atoms with Crippen LogP contribution in [0.4, 0.5) is 11.5 Å². The number of anilines is 2. The van der Waals surface area contributed by atoms with Crippen molar-refractivity contribution in [3.63, 3.8) is 0 Å². The number of rotatable bonds is 5. The Hall–Kier alpha value is -2.57. The van der Waals surface area contributed by atoms with E-state index in [0.29, 0.717) is 18.1 Å². The summed E-state index contributed by atoms with van der Waals surface area (Å²) in [5, 5.41) is 3.10.